The van der Waals surface area contributed by atoms with Crippen LogP contribution in [0.2, 0.25) is 0 Å². The van der Waals surface area contributed by atoms with E-state index in [0.717, 1.165) is 12.0 Å². The van der Waals surface area contributed by atoms with Crippen molar-refractivity contribution in [3.63, 3.8) is 0 Å². The third-order valence-corrected chi connectivity index (χ3v) is 3.12. The molecule has 0 aliphatic rings. The molecule has 0 saturated carbocycles. The first-order chi connectivity index (χ1) is 10.8. The summed E-state index contributed by atoms with van der Waals surface area (Å²) in [5.41, 5.74) is 8.66. The SMILES string of the molecule is CCC(C)NC(=O)CNC(=O)c1cc(C)cc(N=C(N)NO)c1. The number of hydroxylamine groups is 1. The fraction of sp³-hybridized carbons (Fsp3) is 0.400. The number of hydrogen-bond donors (Lipinski definition) is 5. The zero-order valence-electron chi connectivity index (χ0n) is 13.5. The average molecular weight is 321 g/mol. The van der Waals surface area contributed by atoms with Gasteiger partial charge in [-0.3, -0.25) is 14.8 Å². The van der Waals surface area contributed by atoms with E-state index in [4.69, 9.17) is 10.9 Å². The third kappa shape index (κ3) is 6.35. The van der Waals surface area contributed by atoms with E-state index in [1.807, 2.05) is 13.8 Å². The van der Waals surface area contributed by atoms with E-state index in [0.29, 0.717) is 11.3 Å². The summed E-state index contributed by atoms with van der Waals surface area (Å²) in [6, 6.07) is 4.95. The Morgan fingerprint density at radius 3 is 2.65 bits per heavy atom. The number of benzene rings is 1. The van der Waals surface area contributed by atoms with Crippen molar-refractivity contribution in [2.24, 2.45) is 10.7 Å². The van der Waals surface area contributed by atoms with Gasteiger partial charge < -0.3 is 16.4 Å². The van der Waals surface area contributed by atoms with Crippen molar-refractivity contribution in [2.45, 2.75) is 33.2 Å². The van der Waals surface area contributed by atoms with Crippen molar-refractivity contribution < 1.29 is 14.8 Å². The zero-order valence-corrected chi connectivity index (χ0v) is 13.5. The highest BCUT2D eigenvalue weighted by atomic mass is 16.5. The Morgan fingerprint density at radius 1 is 1.35 bits per heavy atom. The van der Waals surface area contributed by atoms with Crippen molar-refractivity contribution in [1.82, 2.24) is 16.1 Å². The Bertz CT molecular complexity index is 601. The minimum absolute atomic E-state index is 0.0632. The second-order valence-corrected chi connectivity index (χ2v) is 5.23. The van der Waals surface area contributed by atoms with E-state index in [1.165, 1.54) is 6.07 Å². The molecular weight excluding hydrogens is 298 g/mol. The molecule has 0 aliphatic carbocycles. The lowest BCUT2D eigenvalue weighted by molar-refractivity contribution is -0.120. The van der Waals surface area contributed by atoms with Crippen LogP contribution < -0.4 is 21.8 Å². The Hall–Kier alpha value is -2.61. The summed E-state index contributed by atoms with van der Waals surface area (Å²) in [5.74, 6) is -0.817. The topological polar surface area (TPSA) is 129 Å². The third-order valence-electron chi connectivity index (χ3n) is 3.12. The molecule has 126 valence electrons. The van der Waals surface area contributed by atoms with E-state index >= 15 is 0 Å². The van der Waals surface area contributed by atoms with E-state index < -0.39 is 0 Å². The van der Waals surface area contributed by atoms with Gasteiger partial charge in [0.05, 0.1) is 12.2 Å². The van der Waals surface area contributed by atoms with Crippen LogP contribution in [0.15, 0.2) is 23.2 Å². The molecule has 0 fully saturated rings. The van der Waals surface area contributed by atoms with E-state index in [-0.39, 0.29) is 30.4 Å². The van der Waals surface area contributed by atoms with Crippen molar-refractivity contribution in [3.05, 3.63) is 29.3 Å². The van der Waals surface area contributed by atoms with Gasteiger partial charge in [0.15, 0.2) is 0 Å². The van der Waals surface area contributed by atoms with Gasteiger partial charge >= 0.3 is 0 Å². The minimum atomic E-state index is -0.389. The maximum atomic E-state index is 12.1. The average Bonchev–Trinajstić information content (AvgIpc) is 2.51. The maximum absolute atomic E-state index is 12.1. The lowest BCUT2D eigenvalue weighted by Gasteiger charge is -2.12. The Morgan fingerprint density at radius 2 is 2.04 bits per heavy atom. The summed E-state index contributed by atoms with van der Waals surface area (Å²) in [5, 5.41) is 14.0. The van der Waals surface area contributed by atoms with Crippen LogP contribution in [0.1, 0.15) is 36.2 Å². The Labute approximate surface area is 135 Å². The molecule has 1 aromatic carbocycles. The first-order valence-electron chi connectivity index (χ1n) is 7.29. The standard InChI is InChI=1S/C15H23N5O3/c1-4-10(3)18-13(21)8-17-14(22)11-5-9(2)6-12(7-11)19-15(16)20-23/h5-7,10,23H,4,8H2,1-3H3,(H,17,22)(H,18,21)(H3,16,19,20). The highest BCUT2D eigenvalue weighted by Crippen LogP contribution is 2.17. The first-order valence-corrected chi connectivity index (χ1v) is 7.29. The highest BCUT2D eigenvalue weighted by Gasteiger charge is 2.11. The molecular formula is C15H23N5O3. The predicted octanol–water partition coefficient (Wildman–Crippen LogP) is 0.565. The molecule has 0 saturated heterocycles. The molecule has 23 heavy (non-hydrogen) atoms. The summed E-state index contributed by atoms with van der Waals surface area (Å²) in [6.07, 6.45) is 0.819. The summed E-state index contributed by atoms with van der Waals surface area (Å²) in [6.45, 7) is 5.56. The predicted molar refractivity (Wildman–Crippen MR) is 87.6 cm³/mol. The number of nitrogens with two attached hydrogens (primary N) is 1. The largest absolute Gasteiger partial charge is 0.368 e. The van der Waals surface area contributed by atoms with E-state index in [9.17, 15) is 9.59 Å². The fourth-order valence-electron chi connectivity index (χ4n) is 1.81. The van der Waals surface area contributed by atoms with Gasteiger partial charge in [0.1, 0.15) is 0 Å². The molecule has 0 heterocycles. The molecule has 8 nitrogen and oxygen atoms in total. The quantitative estimate of drug-likeness (QED) is 0.297. The zero-order chi connectivity index (χ0) is 17.4. The van der Waals surface area contributed by atoms with E-state index in [2.05, 4.69) is 15.6 Å². The number of aryl methyl sites for hydroxylation is 1. The van der Waals surface area contributed by atoms with Gasteiger partial charge in [0.25, 0.3) is 5.91 Å². The van der Waals surface area contributed by atoms with Crippen molar-refractivity contribution in [3.8, 4) is 0 Å². The molecule has 1 unspecified atom stereocenters. The number of carbonyl (C=O) groups excluding carboxylic acids is 2. The second-order valence-electron chi connectivity index (χ2n) is 5.23. The molecule has 1 aromatic rings. The second kappa shape index (κ2) is 8.74. The summed E-state index contributed by atoms with van der Waals surface area (Å²) < 4.78 is 0. The maximum Gasteiger partial charge on any atom is 0.251 e. The summed E-state index contributed by atoms with van der Waals surface area (Å²) in [4.78, 5) is 27.7. The molecule has 0 bridgehead atoms. The van der Waals surface area contributed by atoms with Gasteiger partial charge in [-0.05, 0) is 44.0 Å². The van der Waals surface area contributed by atoms with Gasteiger partial charge in [-0.15, -0.1) is 0 Å². The molecule has 0 aromatic heterocycles. The number of amides is 2. The molecule has 8 heteroatoms. The first kappa shape index (κ1) is 18.4. The summed E-state index contributed by atoms with van der Waals surface area (Å²) in [7, 11) is 0. The van der Waals surface area contributed by atoms with Crippen molar-refractivity contribution in [2.75, 3.05) is 6.54 Å². The van der Waals surface area contributed by atoms with Gasteiger partial charge in [-0.25, -0.2) is 10.5 Å². The lowest BCUT2D eigenvalue weighted by Crippen LogP contribution is -2.40. The van der Waals surface area contributed by atoms with Crippen molar-refractivity contribution in [1.29, 1.82) is 0 Å². The van der Waals surface area contributed by atoms with Crippen LogP contribution in [0.4, 0.5) is 5.69 Å². The Kier molecular flexibility index (Phi) is 7.01. The molecule has 2 amide bonds. The molecule has 1 rings (SSSR count). The molecule has 0 aliphatic heterocycles. The smallest absolute Gasteiger partial charge is 0.251 e. The monoisotopic (exact) mass is 321 g/mol. The minimum Gasteiger partial charge on any atom is -0.368 e. The number of nitrogens with zero attached hydrogens (tertiary/aromatic N) is 1. The fourth-order valence-corrected chi connectivity index (χ4v) is 1.81. The van der Waals surface area contributed by atoms with Crippen LogP contribution in [-0.2, 0) is 4.79 Å². The Balaban J connectivity index is 2.74. The van der Waals surface area contributed by atoms with E-state index in [1.54, 1.807) is 24.5 Å². The van der Waals surface area contributed by atoms with Crippen molar-refractivity contribution >= 4 is 23.5 Å². The number of carbonyl (C=O) groups is 2. The molecule has 0 radical (unpaired) electrons. The van der Waals surface area contributed by atoms with Crippen LogP contribution in [0.5, 0.6) is 0 Å². The van der Waals surface area contributed by atoms with Gasteiger partial charge in [-0.1, -0.05) is 6.92 Å². The molecule has 0 spiro atoms. The van der Waals surface area contributed by atoms with Crippen LogP contribution in [-0.4, -0.2) is 35.6 Å². The van der Waals surface area contributed by atoms with Gasteiger partial charge in [0.2, 0.25) is 11.9 Å². The highest BCUT2D eigenvalue weighted by molar-refractivity contribution is 5.97. The van der Waals surface area contributed by atoms with Gasteiger partial charge in [0, 0.05) is 11.6 Å². The number of hydrogen-bond acceptors (Lipinski definition) is 4. The summed E-state index contributed by atoms with van der Waals surface area (Å²) >= 11 is 0. The lowest BCUT2D eigenvalue weighted by atomic mass is 10.1. The molecule has 6 N–H and O–H groups in total. The number of guanidine groups is 1. The van der Waals surface area contributed by atoms with Gasteiger partial charge in [-0.2, -0.15) is 0 Å². The normalized spacial score (nSPS) is 12.4. The molecule has 1 atom stereocenters. The van der Waals surface area contributed by atoms with Crippen LogP contribution in [0.3, 0.4) is 0 Å². The van der Waals surface area contributed by atoms with Crippen LogP contribution >= 0.6 is 0 Å². The number of aliphatic imine (C=N–C) groups is 1. The number of nitrogens with one attached hydrogen (secondary N) is 3. The number of rotatable bonds is 6. The van der Waals surface area contributed by atoms with Crippen LogP contribution in [0.25, 0.3) is 0 Å². The van der Waals surface area contributed by atoms with Crippen LogP contribution in [0, 0.1) is 6.92 Å².